The number of rotatable bonds is 1. The maximum atomic E-state index is 3.99. The summed E-state index contributed by atoms with van der Waals surface area (Å²) in [5.41, 5.74) is 16.3. The van der Waals surface area contributed by atoms with Gasteiger partial charge in [-0.2, -0.15) is 0 Å². The van der Waals surface area contributed by atoms with Crippen LogP contribution in [0, 0.1) is 5.92 Å². The average molecular weight is 643 g/mol. The number of anilines is 3. The summed E-state index contributed by atoms with van der Waals surface area (Å²) in [6, 6.07) is 41.8. The molecule has 5 aliphatic rings. The molecule has 2 nitrogen and oxygen atoms in total. The zero-order chi connectivity index (χ0) is 33.3. The van der Waals surface area contributed by atoms with Crippen LogP contribution >= 0.6 is 0 Å². The van der Waals surface area contributed by atoms with Gasteiger partial charge < -0.3 is 10.2 Å². The fourth-order valence-corrected chi connectivity index (χ4v) is 9.95. The number of hydrogen-bond acceptors (Lipinski definition) is 2. The van der Waals surface area contributed by atoms with Gasteiger partial charge in [0.25, 0.3) is 0 Å². The van der Waals surface area contributed by atoms with Gasteiger partial charge in [0.2, 0.25) is 0 Å². The standard InChI is InChI=1S/C48H38N2/c1-48(2,3)39-24-22-33-38-27-29(20-21-31(38)32-15-10-16-34(39)44(32)33)50-42-18-9-7-14-36(42)47-43(50)26-23-37-45-30-12-5-4-11-28(30)19-25-41(45)49-40-17-8-6-13-35(40)46(37)47/h4-27,35,40,43,47,49H,1-3H3. The van der Waals surface area contributed by atoms with Crippen molar-refractivity contribution in [3.63, 3.8) is 0 Å². The number of allylic oxidation sites excluding steroid dienone is 4. The minimum Gasteiger partial charge on any atom is -0.377 e. The molecule has 0 aromatic heterocycles. The topological polar surface area (TPSA) is 15.3 Å². The highest BCUT2D eigenvalue weighted by atomic mass is 15.2. The van der Waals surface area contributed by atoms with Crippen molar-refractivity contribution >= 4 is 44.2 Å². The molecule has 0 amide bonds. The molecule has 4 atom stereocenters. The van der Waals surface area contributed by atoms with Gasteiger partial charge in [-0.1, -0.05) is 142 Å². The molecule has 240 valence electrons. The fraction of sp³-hybridized carbons (Fsp3) is 0.167. The van der Waals surface area contributed by atoms with Gasteiger partial charge in [-0.05, 0) is 95.8 Å². The van der Waals surface area contributed by atoms with Crippen LogP contribution in [0.15, 0.2) is 151 Å². The highest BCUT2D eigenvalue weighted by Gasteiger charge is 2.46. The van der Waals surface area contributed by atoms with Crippen molar-refractivity contribution in [2.45, 2.75) is 44.2 Å². The number of benzene rings is 6. The molecule has 2 heterocycles. The number of fused-ring (bicyclic) bond motifs is 13. The van der Waals surface area contributed by atoms with E-state index in [1.54, 1.807) is 0 Å². The summed E-state index contributed by atoms with van der Waals surface area (Å²) in [4.78, 5) is 2.63. The molecule has 0 saturated carbocycles. The molecule has 6 aromatic carbocycles. The van der Waals surface area contributed by atoms with E-state index in [1.165, 1.54) is 88.7 Å². The number of nitrogens with one attached hydrogen (secondary N) is 1. The number of hydrogen-bond donors (Lipinski definition) is 1. The zero-order valence-electron chi connectivity index (χ0n) is 28.6. The van der Waals surface area contributed by atoms with E-state index in [2.05, 4.69) is 177 Å². The van der Waals surface area contributed by atoms with E-state index in [0.717, 1.165) is 0 Å². The molecule has 0 radical (unpaired) electrons. The van der Waals surface area contributed by atoms with Crippen molar-refractivity contribution in [2.24, 2.45) is 5.92 Å². The molecule has 50 heavy (non-hydrogen) atoms. The average Bonchev–Trinajstić information content (AvgIpc) is 3.59. The van der Waals surface area contributed by atoms with Crippen molar-refractivity contribution < 1.29 is 0 Å². The summed E-state index contributed by atoms with van der Waals surface area (Å²) >= 11 is 0. The van der Waals surface area contributed by atoms with Gasteiger partial charge in [-0.25, -0.2) is 0 Å². The summed E-state index contributed by atoms with van der Waals surface area (Å²) in [6.45, 7) is 6.97. The maximum absolute atomic E-state index is 3.99. The first kappa shape index (κ1) is 28.3. The minimum atomic E-state index is 0.0782. The second kappa shape index (κ2) is 9.98. The molecule has 0 spiro atoms. The van der Waals surface area contributed by atoms with Crippen LogP contribution in [0.1, 0.15) is 43.4 Å². The Morgan fingerprint density at radius 3 is 2.38 bits per heavy atom. The molecular formula is C48H38N2. The predicted octanol–water partition coefficient (Wildman–Crippen LogP) is 12.1. The van der Waals surface area contributed by atoms with Crippen molar-refractivity contribution in [3.05, 3.63) is 168 Å². The van der Waals surface area contributed by atoms with Crippen molar-refractivity contribution in [3.8, 4) is 22.3 Å². The van der Waals surface area contributed by atoms with Crippen LogP contribution in [-0.4, -0.2) is 12.1 Å². The Morgan fingerprint density at radius 1 is 0.660 bits per heavy atom. The van der Waals surface area contributed by atoms with E-state index in [9.17, 15) is 0 Å². The van der Waals surface area contributed by atoms with E-state index >= 15 is 0 Å². The molecule has 11 rings (SSSR count). The van der Waals surface area contributed by atoms with Gasteiger partial charge in [0.15, 0.2) is 0 Å². The summed E-state index contributed by atoms with van der Waals surface area (Å²) in [6.07, 6.45) is 14.2. The molecular weight excluding hydrogens is 605 g/mol. The maximum Gasteiger partial charge on any atom is 0.0632 e. The zero-order valence-corrected chi connectivity index (χ0v) is 28.6. The fourth-order valence-electron chi connectivity index (χ4n) is 9.95. The Kier molecular flexibility index (Phi) is 5.64. The molecule has 6 aromatic rings. The highest BCUT2D eigenvalue weighted by molar-refractivity contribution is 6.16. The van der Waals surface area contributed by atoms with E-state index in [-0.39, 0.29) is 29.3 Å². The second-order valence-corrected chi connectivity index (χ2v) is 15.7. The molecule has 3 aliphatic carbocycles. The van der Waals surface area contributed by atoms with Crippen LogP contribution < -0.4 is 10.2 Å². The molecule has 4 unspecified atom stereocenters. The Morgan fingerprint density at radius 2 is 1.46 bits per heavy atom. The predicted molar refractivity (Wildman–Crippen MR) is 211 cm³/mol. The molecule has 0 fully saturated rings. The lowest BCUT2D eigenvalue weighted by molar-refractivity contribution is 0.596. The molecule has 2 heteroatoms. The normalized spacial score (nSPS) is 22.1. The largest absolute Gasteiger partial charge is 0.377 e. The van der Waals surface area contributed by atoms with Crippen LogP contribution in [-0.2, 0) is 5.41 Å². The second-order valence-electron chi connectivity index (χ2n) is 15.7. The minimum absolute atomic E-state index is 0.0782. The lowest BCUT2D eigenvalue weighted by Crippen LogP contribution is -2.35. The third-order valence-electron chi connectivity index (χ3n) is 12.0. The third kappa shape index (κ3) is 3.74. The number of para-hydroxylation sites is 1. The smallest absolute Gasteiger partial charge is 0.0632 e. The van der Waals surface area contributed by atoms with Gasteiger partial charge in [0.1, 0.15) is 0 Å². The summed E-state index contributed by atoms with van der Waals surface area (Å²) in [7, 11) is 0. The van der Waals surface area contributed by atoms with E-state index < -0.39 is 0 Å². The van der Waals surface area contributed by atoms with Crippen LogP contribution in [0.5, 0.6) is 0 Å². The monoisotopic (exact) mass is 642 g/mol. The summed E-state index contributed by atoms with van der Waals surface area (Å²) in [5.74, 6) is 0.473. The number of nitrogens with zero attached hydrogens (tertiary/aromatic N) is 1. The van der Waals surface area contributed by atoms with Gasteiger partial charge in [-0.15, -0.1) is 0 Å². The van der Waals surface area contributed by atoms with Gasteiger partial charge in [0.05, 0.1) is 12.1 Å². The SMILES string of the molecule is CC(C)(C)c1ccc2c3c(cccc13)-c1ccc(N3c4ccccc4C4C5=C(C=CC43)c3c(ccc4ccccc34)NC3C=CC=CC53)cc1-2. The van der Waals surface area contributed by atoms with Crippen LogP contribution in [0.25, 0.3) is 49.4 Å². The Labute approximate surface area is 293 Å². The molecule has 0 saturated heterocycles. The van der Waals surface area contributed by atoms with Crippen LogP contribution in [0.4, 0.5) is 17.1 Å². The van der Waals surface area contributed by atoms with Gasteiger partial charge in [0, 0.05) is 34.5 Å². The first-order valence-electron chi connectivity index (χ1n) is 18.1. The molecule has 0 bridgehead atoms. The van der Waals surface area contributed by atoms with Crippen LogP contribution in [0.3, 0.4) is 0 Å². The van der Waals surface area contributed by atoms with Crippen molar-refractivity contribution in [2.75, 3.05) is 10.2 Å². The van der Waals surface area contributed by atoms with Crippen molar-refractivity contribution in [1.29, 1.82) is 0 Å². The van der Waals surface area contributed by atoms with Gasteiger partial charge >= 0.3 is 0 Å². The summed E-state index contributed by atoms with van der Waals surface area (Å²) in [5, 5.41) is 9.36. The summed E-state index contributed by atoms with van der Waals surface area (Å²) < 4.78 is 0. The Bertz CT molecular complexity index is 2590. The van der Waals surface area contributed by atoms with Gasteiger partial charge in [-0.3, -0.25) is 0 Å². The van der Waals surface area contributed by atoms with E-state index in [1.807, 2.05) is 0 Å². The van der Waals surface area contributed by atoms with Crippen molar-refractivity contribution in [1.82, 2.24) is 0 Å². The van der Waals surface area contributed by atoms with Crippen LogP contribution in [0.2, 0.25) is 0 Å². The Balaban J connectivity index is 1.10. The lowest BCUT2D eigenvalue weighted by atomic mass is 9.71. The third-order valence-corrected chi connectivity index (χ3v) is 12.0. The molecule has 2 aliphatic heterocycles. The lowest BCUT2D eigenvalue weighted by Gasteiger charge is -2.36. The Hall–Kier alpha value is -5.60. The highest BCUT2D eigenvalue weighted by Crippen LogP contribution is 2.58. The van der Waals surface area contributed by atoms with E-state index in [0.29, 0.717) is 0 Å². The quantitative estimate of drug-likeness (QED) is 0.192. The first-order chi connectivity index (χ1) is 24.5. The molecule has 1 N–H and O–H groups in total. The first-order valence-corrected chi connectivity index (χ1v) is 18.1. The van der Waals surface area contributed by atoms with E-state index in [4.69, 9.17) is 0 Å².